The lowest BCUT2D eigenvalue weighted by Crippen LogP contribution is -2.40. The van der Waals surface area contributed by atoms with Crippen LogP contribution in [0.1, 0.15) is 0 Å². The van der Waals surface area contributed by atoms with E-state index in [1.54, 1.807) is 0 Å². The van der Waals surface area contributed by atoms with Crippen LogP contribution in [-0.2, 0) is 14.9 Å². The largest absolute Gasteiger partial charge is 0.505 e. The Kier molecular flexibility index (Phi) is 5.82. The van der Waals surface area contributed by atoms with Gasteiger partial charge in [0, 0.05) is 0 Å². The predicted octanol–water partition coefficient (Wildman–Crippen LogP) is 3.83. The van der Waals surface area contributed by atoms with Crippen molar-refractivity contribution in [2.75, 3.05) is 0 Å². The first-order valence-corrected chi connectivity index (χ1v) is 9.05. The van der Waals surface area contributed by atoms with Gasteiger partial charge in [-0.25, -0.2) is 4.79 Å². The van der Waals surface area contributed by atoms with Crippen molar-refractivity contribution in [2.24, 2.45) is 0 Å². The molecule has 0 saturated heterocycles. The molecular formula is C8H2Br4F2O6S. The Labute approximate surface area is 150 Å². The lowest BCUT2D eigenvalue weighted by molar-refractivity contribution is -0.151. The van der Waals surface area contributed by atoms with E-state index in [-0.39, 0.29) is 23.6 Å². The van der Waals surface area contributed by atoms with Crippen LogP contribution >= 0.6 is 63.7 Å². The summed E-state index contributed by atoms with van der Waals surface area (Å²) in [5.41, 5.74) is 0. The molecule has 1 aromatic carbocycles. The molecule has 21 heavy (non-hydrogen) atoms. The van der Waals surface area contributed by atoms with E-state index in [2.05, 4.69) is 68.5 Å². The average molecular weight is 584 g/mol. The summed E-state index contributed by atoms with van der Waals surface area (Å²) in [7, 11) is -5.99. The molecule has 0 aromatic heterocycles. The fourth-order valence-electron chi connectivity index (χ4n) is 0.947. The number of carbonyl (C=O) groups is 1. The van der Waals surface area contributed by atoms with Crippen LogP contribution in [0.3, 0.4) is 0 Å². The molecule has 0 amide bonds. The number of hydrogen-bond acceptors (Lipinski definition) is 5. The van der Waals surface area contributed by atoms with Gasteiger partial charge in [0.15, 0.2) is 5.75 Å². The van der Waals surface area contributed by atoms with Crippen LogP contribution in [-0.4, -0.2) is 29.3 Å². The number of ether oxygens (including phenoxy) is 1. The van der Waals surface area contributed by atoms with Gasteiger partial charge in [-0.2, -0.15) is 17.2 Å². The second-order valence-corrected chi connectivity index (χ2v) is 7.95. The number of esters is 1. The Morgan fingerprint density at radius 1 is 1.05 bits per heavy atom. The molecular weight excluding hydrogens is 582 g/mol. The van der Waals surface area contributed by atoms with E-state index < -0.39 is 27.1 Å². The standard InChI is InChI=1S/C8H2Br4F2O6S/c9-1-3(11)6(4(12)2(10)5(1)15)20-7(16)8(13,14)21(17,18)19/h15H,(H,17,18,19). The summed E-state index contributed by atoms with van der Waals surface area (Å²) in [5.74, 6) is -3.40. The van der Waals surface area contributed by atoms with Crippen molar-refractivity contribution in [3.63, 3.8) is 0 Å². The Bertz CT molecular complexity index is 691. The van der Waals surface area contributed by atoms with Crippen LogP contribution in [0.15, 0.2) is 17.9 Å². The van der Waals surface area contributed by atoms with Crippen LogP contribution < -0.4 is 4.74 Å². The number of phenols is 1. The minimum atomic E-state index is -5.99. The van der Waals surface area contributed by atoms with Crippen molar-refractivity contribution in [1.82, 2.24) is 0 Å². The van der Waals surface area contributed by atoms with Crippen molar-refractivity contribution in [3.05, 3.63) is 17.9 Å². The van der Waals surface area contributed by atoms with Crippen molar-refractivity contribution >= 4 is 79.8 Å². The van der Waals surface area contributed by atoms with Gasteiger partial charge in [-0.05, 0) is 63.7 Å². The topological polar surface area (TPSA) is 101 Å². The third-order valence-electron chi connectivity index (χ3n) is 1.96. The third kappa shape index (κ3) is 3.58. The molecule has 0 atom stereocenters. The summed E-state index contributed by atoms with van der Waals surface area (Å²) in [5, 5.41) is 4.49. The van der Waals surface area contributed by atoms with Gasteiger partial charge in [-0.3, -0.25) is 4.55 Å². The molecule has 0 aliphatic carbocycles. The normalized spacial score (nSPS) is 12.3. The second kappa shape index (κ2) is 6.35. The molecule has 0 unspecified atom stereocenters. The smallest absolute Gasteiger partial charge is 0.466 e. The van der Waals surface area contributed by atoms with Crippen LogP contribution in [0.4, 0.5) is 8.78 Å². The number of carbonyl (C=O) groups excluding carboxylic acids is 1. The highest BCUT2D eigenvalue weighted by Crippen LogP contribution is 2.50. The third-order valence-corrected chi connectivity index (χ3v) is 6.89. The van der Waals surface area contributed by atoms with Crippen molar-refractivity contribution in [2.45, 2.75) is 5.25 Å². The highest BCUT2D eigenvalue weighted by Gasteiger charge is 2.54. The van der Waals surface area contributed by atoms with Crippen LogP contribution in [0, 0.1) is 0 Å². The second-order valence-electron chi connectivity index (χ2n) is 3.32. The Morgan fingerprint density at radius 3 is 1.76 bits per heavy atom. The van der Waals surface area contributed by atoms with E-state index in [4.69, 9.17) is 4.55 Å². The molecule has 118 valence electrons. The van der Waals surface area contributed by atoms with E-state index in [0.717, 1.165) is 0 Å². The lowest BCUT2D eigenvalue weighted by Gasteiger charge is -2.16. The molecule has 0 spiro atoms. The van der Waals surface area contributed by atoms with Gasteiger partial charge < -0.3 is 9.84 Å². The SMILES string of the molecule is O=C(Oc1c(Br)c(Br)c(O)c(Br)c1Br)C(F)(F)S(=O)(=O)O. The minimum absolute atomic E-state index is 0.0458. The van der Waals surface area contributed by atoms with Gasteiger partial charge in [0.25, 0.3) is 0 Å². The Hall–Kier alpha value is 0.180. The Balaban J connectivity index is 3.37. The molecule has 2 N–H and O–H groups in total. The molecule has 0 radical (unpaired) electrons. The molecule has 0 aliphatic rings. The molecule has 0 saturated carbocycles. The first-order chi connectivity index (χ1) is 9.32. The number of benzene rings is 1. The van der Waals surface area contributed by atoms with Crippen LogP contribution in [0.2, 0.25) is 0 Å². The number of alkyl halides is 2. The molecule has 0 heterocycles. The molecule has 13 heteroatoms. The van der Waals surface area contributed by atoms with Crippen LogP contribution in [0.25, 0.3) is 0 Å². The maximum Gasteiger partial charge on any atom is 0.466 e. The molecule has 1 aromatic rings. The molecule has 0 bridgehead atoms. The summed E-state index contributed by atoms with van der Waals surface area (Å²) in [6, 6.07) is 0. The maximum absolute atomic E-state index is 13.1. The predicted molar refractivity (Wildman–Crippen MR) is 81.0 cm³/mol. The summed E-state index contributed by atoms with van der Waals surface area (Å²) in [6.07, 6.45) is 0. The number of hydrogen-bond donors (Lipinski definition) is 2. The summed E-state index contributed by atoms with van der Waals surface area (Å²) >= 11 is 11.5. The van der Waals surface area contributed by atoms with Crippen molar-refractivity contribution < 1.29 is 36.4 Å². The summed E-state index contributed by atoms with van der Waals surface area (Å²) in [4.78, 5) is 11.2. The highest BCUT2D eigenvalue weighted by atomic mass is 79.9. The molecule has 1 rings (SSSR count). The molecule has 0 aliphatic heterocycles. The van der Waals surface area contributed by atoms with E-state index in [1.807, 2.05) is 0 Å². The van der Waals surface area contributed by atoms with E-state index in [1.165, 1.54) is 0 Å². The van der Waals surface area contributed by atoms with Gasteiger partial charge in [0.05, 0.1) is 17.9 Å². The fraction of sp³-hybridized carbons (Fsp3) is 0.125. The van der Waals surface area contributed by atoms with Gasteiger partial charge in [0.2, 0.25) is 0 Å². The zero-order valence-electron chi connectivity index (χ0n) is 9.20. The van der Waals surface area contributed by atoms with Gasteiger partial charge in [-0.15, -0.1) is 0 Å². The molecule has 6 nitrogen and oxygen atoms in total. The average Bonchev–Trinajstić information content (AvgIpc) is 2.37. The van der Waals surface area contributed by atoms with Crippen LogP contribution in [0.5, 0.6) is 11.5 Å². The first kappa shape index (κ1) is 19.2. The van der Waals surface area contributed by atoms with Crippen molar-refractivity contribution in [1.29, 1.82) is 0 Å². The van der Waals surface area contributed by atoms with Gasteiger partial charge >= 0.3 is 21.3 Å². The van der Waals surface area contributed by atoms with E-state index >= 15 is 0 Å². The summed E-state index contributed by atoms with van der Waals surface area (Å²) in [6.45, 7) is 0. The number of rotatable bonds is 3. The quantitative estimate of drug-likeness (QED) is 0.243. The highest BCUT2D eigenvalue weighted by molar-refractivity contribution is 9.14. The summed E-state index contributed by atoms with van der Waals surface area (Å²) < 4.78 is 59.4. The zero-order chi connectivity index (χ0) is 16.7. The fourth-order valence-corrected chi connectivity index (χ4v) is 3.42. The lowest BCUT2D eigenvalue weighted by atomic mass is 10.3. The zero-order valence-corrected chi connectivity index (χ0v) is 16.4. The number of phenolic OH excluding ortho intramolecular Hbond substituents is 1. The molecule has 0 fully saturated rings. The minimum Gasteiger partial charge on any atom is -0.505 e. The first-order valence-electron chi connectivity index (χ1n) is 4.44. The van der Waals surface area contributed by atoms with E-state index in [9.17, 15) is 27.1 Å². The van der Waals surface area contributed by atoms with Gasteiger partial charge in [-0.1, -0.05) is 0 Å². The number of halogens is 6. The monoisotopic (exact) mass is 580 g/mol. The van der Waals surface area contributed by atoms with Crippen molar-refractivity contribution in [3.8, 4) is 11.5 Å². The maximum atomic E-state index is 13.1. The Morgan fingerprint density at radius 2 is 1.43 bits per heavy atom. The van der Waals surface area contributed by atoms with E-state index in [0.29, 0.717) is 0 Å². The van der Waals surface area contributed by atoms with Gasteiger partial charge in [0.1, 0.15) is 5.75 Å². The number of aromatic hydroxyl groups is 1.